The summed E-state index contributed by atoms with van der Waals surface area (Å²) in [7, 11) is 0. The van der Waals surface area contributed by atoms with E-state index in [1.807, 2.05) is 43.3 Å². The molecule has 4 heterocycles. The number of benzene rings is 1. The Morgan fingerprint density at radius 3 is 2.50 bits per heavy atom. The molecule has 7 rings (SSSR count). The highest BCUT2D eigenvalue weighted by Crippen LogP contribution is 2.68. The normalized spacial score (nSPS) is 34.7. The second-order valence-corrected chi connectivity index (χ2v) is 11.5. The van der Waals surface area contributed by atoms with Crippen LogP contribution in [0.4, 0.5) is 5.69 Å². The van der Waals surface area contributed by atoms with E-state index in [-0.39, 0.29) is 57.4 Å². The van der Waals surface area contributed by atoms with Crippen LogP contribution in [-0.4, -0.2) is 22.0 Å². The van der Waals surface area contributed by atoms with E-state index in [4.69, 9.17) is 4.42 Å². The number of aromatic nitrogens is 1. The summed E-state index contributed by atoms with van der Waals surface area (Å²) in [6.07, 6.45) is 2.55. The van der Waals surface area contributed by atoms with Crippen LogP contribution in [-0.2, 0) is 9.59 Å². The zero-order valence-electron chi connectivity index (χ0n) is 17.2. The molecule has 2 bridgehead atoms. The van der Waals surface area contributed by atoms with E-state index in [1.165, 1.54) is 16.2 Å². The van der Waals surface area contributed by atoms with Crippen molar-refractivity contribution in [3.63, 3.8) is 0 Å². The molecule has 8 heteroatoms. The number of thioether (sulfide) groups is 1. The number of nitrogens with zero attached hydrogens (tertiary/aromatic N) is 1. The number of amides is 2. The van der Waals surface area contributed by atoms with Crippen LogP contribution in [0.2, 0.25) is 0 Å². The van der Waals surface area contributed by atoms with Gasteiger partial charge in [0.1, 0.15) is 5.76 Å². The largest absolute Gasteiger partial charge is 0.469 e. The molecule has 2 amide bonds. The van der Waals surface area contributed by atoms with Crippen LogP contribution < -0.4 is 9.77 Å². The van der Waals surface area contributed by atoms with Gasteiger partial charge >= 0.3 is 4.87 Å². The van der Waals surface area contributed by atoms with Crippen molar-refractivity contribution in [2.45, 2.75) is 29.5 Å². The van der Waals surface area contributed by atoms with Crippen molar-refractivity contribution in [1.29, 1.82) is 0 Å². The summed E-state index contributed by atoms with van der Waals surface area (Å²) in [5.41, 5.74) is 1.76. The smallest absolute Gasteiger partial charge is 0.305 e. The lowest BCUT2D eigenvalue weighted by atomic mass is 9.69. The Morgan fingerprint density at radius 1 is 1.03 bits per heavy atom. The van der Waals surface area contributed by atoms with E-state index in [9.17, 15) is 14.4 Å². The summed E-state index contributed by atoms with van der Waals surface area (Å²) in [4.78, 5) is 44.7. The van der Waals surface area contributed by atoms with Crippen LogP contribution in [0.3, 0.4) is 0 Å². The molecule has 6 nitrogen and oxygen atoms in total. The average Bonchev–Trinajstić information content (AvgIpc) is 3.57. The second-order valence-electron chi connectivity index (χ2n) is 9.32. The van der Waals surface area contributed by atoms with Gasteiger partial charge < -0.3 is 9.40 Å². The van der Waals surface area contributed by atoms with Gasteiger partial charge in [-0.1, -0.05) is 29.0 Å². The van der Waals surface area contributed by atoms with Crippen LogP contribution >= 0.6 is 23.1 Å². The number of aromatic amines is 1. The fourth-order valence-electron chi connectivity index (χ4n) is 6.75. The van der Waals surface area contributed by atoms with Crippen molar-refractivity contribution in [1.82, 2.24) is 4.98 Å². The number of fused-ring (bicyclic) bond motifs is 9. The van der Waals surface area contributed by atoms with Gasteiger partial charge in [-0.25, -0.2) is 0 Å². The number of carbonyl (C=O) groups excluding carboxylic acids is 2. The molecule has 0 radical (unpaired) electrons. The maximum atomic E-state index is 13.6. The molecule has 0 spiro atoms. The first-order chi connectivity index (χ1) is 15.5. The molecule has 3 aromatic rings. The number of anilines is 1. The number of hydrogen-bond acceptors (Lipinski definition) is 6. The Kier molecular flexibility index (Phi) is 3.84. The van der Waals surface area contributed by atoms with Crippen LogP contribution in [0.1, 0.15) is 28.5 Å². The van der Waals surface area contributed by atoms with Crippen molar-refractivity contribution in [3.8, 4) is 0 Å². The lowest BCUT2D eigenvalue weighted by molar-refractivity contribution is -0.123. The third-order valence-electron chi connectivity index (χ3n) is 7.87. The predicted molar refractivity (Wildman–Crippen MR) is 121 cm³/mol. The van der Waals surface area contributed by atoms with Crippen molar-refractivity contribution in [2.24, 2.45) is 29.6 Å². The highest BCUT2D eigenvalue weighted by Gasteiger charge is 2.70. The molecule has 32 heavy (non-hydrogen) atoms. The van der Waals surface area contributed by atoms with Gasteiger partial charge in [0.15, 0.2) is 0 Å². The van der Waals surface area contributed by atoms with Gasteiger partial charge in [-0.05, 0) is 55.4 Å². The summed E-state index contributed by atoms with van der Waals surface area (Å²) in [6.45, 7) is 1.99. The number of thiazole rings is 1. The summed E-state index contributed by atoms with van der Waals surface area (Å²) in [6, 6.07) is 11.5. The predicted octanol–water partition coefficient (Wildman–Crippen LogP) is 4.02. The fraction of sp³-hybridized carbons (Fsp3) is 0.375. The third-order valence-corrected chi connectivity index (χ3v) is 10.5. The van der Waals surface area contributed by atoms with E-state index < -0.39 is 0 Å². The average molecular weight is 465 g/mol. The first kappa shape index (κ1) is 18.9. The van der Waals surface area contributed by atoms with Crippen LogP contribution in [0, 0.1) is 36.5 Å². The number of nitrogens with one attached hydrogen (secondary N) is 1. The molecular weight excluding hydrogens is 444 g/mol. The first-order valence-corrected chi connectivity index (χ1v) is 12.6. The molecule has 4 aliphatic rings. The summed E-state index contributed by atoms with van der Waals surface area (Å²) < 4.78 is 5.84. The van der Waals surface area contributed by atoms with Crippen LogP contribution in [0.25, 0.3) is 0 Å². The van der Waals surface area contributed by atoms with E-state index in [0.29, 0.717) is 5.69 Å². The molecule has 0 unspecified atom stereocenters. The number of rotatable bonds is 2. The number of aryl methyl sites for hydroxylation is 1. The van der Waals surface area contributed by atoms with Gasteiger partial charge in [-0.15, -0.1) is 11.8 Å². The van der Waals surface area contributed by atoms with Gasteiger partial charge in [-0.3, -0.25) is 19.3 Å². The summed E-state index contributed by atoms with van der Waals surface area (Å²) >= 11 is 2.94. The molecule has 162 valence electrons. The molecular formula is C24H20N2O4S2. The highest BCUT2D eigenvalue weighted by atomic mass is 32.2. The number of hydrogen-bond donors (Lipinski definition) is 1. The fourth-order valence-corrected chi connectivity index (χ4v) is 9.62. The van der Waals surface area contributed by atoms with Gasteiger partial charge in [0, 0.05) is 5.25 Å². The molecule has 1 saturated heterocycles. The molecule has 2 aromatic heterocycles. The van der Waals surface area contributed by atoms with E-state index in [2.05, 4.69) is 4.98 Å². The second kappa shape index (κ2) is 6.48. The summed E-state index contributed by atoms with van der Waals surface area (Å²) in [5.74, 6) is 0.509. The summed E-state index contributed by atoms with van der Waals surface area (Å²) in [5, 5.41) is 1.09. The van der Waals surface area contributed by atoms with E-state index in [0.717, 1.165) is 27.6 Å². The minimum Gasteiger partial charge on any atom is -0.469 e. The monoisotopic (exact) mass is 464 g/mol. The van der Waals surface area contributed by atoms with E-state index in [1.54, 1.807) is 18.0 Å². The standard InChI is InChI=1S/C24H20N2O4S2/c1-10-4-6-11(7-5-10)26-22(27)16-12-9-13(17(16)23(26)28)19-15(12)18(14-3-2-8-30-14)20-21(31-19)25-24(29)32-20/h2-8,12-13,15-19H,9H2,1H3,(H,25,29)/t12-,13-,15+,16+,17+,18+,19-/m1/s1. The number of H-pyrrole nitrogens is 1. The van der Waals surface area contributed by atoms with Gasteiger partial charge in [0.05, 0.1) is 39.6 Å². The molecule has 7 atom stereocenters. The number of furan rings is 1. The Balaban J connectivity index is 1.32. The molecule has 2 aliphatic heterocycles. The molecule has 2 aliphatic carbocycles. The zero-order chi connectivity index (χ0) is 21.7. The van der Waals surface area contributed by atoms with Gasteiger partial charge in [0.25, 0.3) is 0 Å². The third kappa shape index (κ3) is 2.34. The highest BCUT2D eigenvalue weighted by molar-refractivity contribution is 8.00. The SMILES string of the molecule is Cc1ccc(N2C(=O)[C@H]3[C@H]4C[C@@H]([C@@H]3C2=O)[C@H]2[C@H](c3ccco3)c3sc(=O)[nH]c3S[C@H]42)cc1. The van der Waals surface area contributed by atoms with Crippen molar-refractivity contribution in [2.75, 3.05) is 4.90 Å². The zero-order valence-corrected chi connectivity index (χ0v) is 18.8. The van der Waals surface area contributed by atoms with Gasteiger partial charge in [0.2, 0.25) is 11.8 Å². The Hall–Kier alpha value is -2.58. The Labute approximate surface area is 192 Å². The Bertz CT molecular complexity index is 1310. The maximum Gasteiger partial charge on any atom is 0.305 e. The lowest BCUT2D eigenvalue weighted by Gasteiger charge is -2.42. The lowest BCUT2D eigenvalue weighted by Crippen LogP contribution is -2.42. The van der Waals surface area contributed by atoms with Crippen LogP contribution in [0.15, 0.2) is 56.9 Å². The molecule has 2 saturated carbocycles. The number of imide groups is 1. The quantitative estimate of drug-likeness (QED) is 0.580. The van der Waals surface area contributed by atoms with Crippen molar-refractivity contribution in [3.05, 3.63) is 68.5 Å². The Morgan fingerprint density at radius 2 is 1.78 bits per heavy atom. The topological polar surface area (TPSA) is 83.4 Å². The molecule has 1 aromatic carbocycles. The maximum absolute atomic E-state index is 13.6. The molecule has 3 fully saturated rings. The minimum absolute atomic E-state index is 0.0533. The van der Waals surface area contributed by atoms with E-state index >= 15 is 0 Å². The first-order valence-electron chi connectivity index (χ1n) is 10.9. The van der Waals surface area contributed by atoms with Crippen molar-refractivity contribution >= 4 is 40.6 Å². The minimum atomic E-state index is -0.287. The van der Waals surface area contributed by atoms with Crippen LogP contribution in [0.5, 0.6) is 0 Å². The number of carbonyl (C=O) groups is 2. The van der Waals surface area contributed by atoms with Gasteiger partial charge in [-0.2, -0.15) is 0 Å². The molecule has 1 N–H and O–H groups in total. The van der Waals surface area contributed by atoms with Crippen molar-refractivity contribution < 1.29 is 14.0 Å².